The van der Waals surface area contributed by atoms with Crippen LogP contribution in [0.25, 0.3) is 0 Å². The Bertz CT molecular complexity index is 967. The third-order valence-electron chi connectivity index (χ3n) is 4.83. The van der Waals surface area contributed by atoms with Gasteiger partial charge in [0.1, 0.15) is 0 Å². The lowest BCUT2D eigenvalue weighted by Crippen LogP contribution is -2.40. The van der Waals surface area contributed by atoms with Crippen LogP contribution < -0.4 is 16.0 Å². The molecule has 1 aromatic heterocycles. The fourth-order valence-corrected chi connectivity index (χ4v) is 3.97. The maximum Gasteiger partial charge on any atom is 0.241 e. The maximum atomic E-state index is 12.8. The Labute approximate surface area is 181 Å². The highest BCUT2D eigenvalue weighted by Crippen LogP contribution is 2.27. The van der Waals surface area contributed by atoms with Crippen LogP contribution in [0.1, 0.15) is 42.8 Å². The van der Waals surface area contributed by atoms with E-state index in [4.69, 9.17) is 0 Å². The van der Waals surface area contributed by atoms with Gasteiger partial charge in [-0.25, -0.2) is 0 Å². The minimum absolute atomic E-state index is 0.0567. The molecule has 5 nitrogen and oxygen atoms in total. The minimum Gasteiger partial charge on any atom is -0.326 e. The van der Waals surface area contributed by atoms with Crippen LogP contribution in [0.15, 0.2) is 66.0 Å². The van der Waals surface area contributed by atoms with E-state index in [1.165, 1.54) is 17.4 Å². The molecule has 0 radical (unpaired) electrons. The lowest BCUT2D eigenvalue weighted by molar-refractivity contribution is -0.118. The van der Waals surface area contributed by atoms with E-state index in [0.29, 0.717) is 11.4 Å². The molecule has 0 saturated heterocycles. The lowest BCUT2D eigenvalue weighted by Gasteiger charge is -2.23. The first-order valence-corrected chi connectivity index (χ1v) is 10.9. The van der Waals surface area contributed by atoms with Crippen molar-refractivity contribution in [2.75, 3.05) is 10.6 Å². The van der Waals surface area contributed by atoms with Crippen molar-refractivity contribution in [3.8, 4) is 0 Å². The maximum absolute atomic E-state index is 12.8. The molecule has 3 aromatic rings. The van der Waals surface area contributed by atoms with Gasteiger partial charge in [0, 0.05) is 23.2 Å². The fraction of sp³-hybridized carbons (Fsp3) is 0.250. The molecule has 3 N–H and O–H groups in total. The first kappa shape index (κ1) is 21.7. The molecule has 0 saturated carbocycles. The highest BCUT2D eigenvalue weighted by Gasteiger charge is 2.21. The van der Waals surface area contributed by atoms with E-state index >= 15 is 0 Å². The Balaban J connectivity index is 1.69. The Morgan fingerprint density at radius 3 is 2.10 bits per heavy atom. The number of anilines is 2. The molecule has 2 atom stereocenters. The van der Waals surface area contributed by atoms with Gasteiger partial charge in [0.05, 0.1) is 12.1 Å². The van der Waals surface area contributed by atoms with Crippen molar-refractivity contribution in [2.45, 2.75) is 39.3 Å². The highest BCUT2D eigenvalue weighted by molar-refractivity contribution is 7.10. The van der Waals surface area contributed by atoms with Crippen LogP contribution in [0.3, 0.4) is 0 Å². The van der Waals surface area contributed by atoms with Gasteiger partial charge in [-0.2, -0.15) is 0 Å². The van der Waals surface area contributed by atoms with Crippen molar-refractivity contribution in [3.63, 3.8) is 0 Å². The average Bonchev–Trinajstić information content (AvgIpc) is 3.27. The first-order valence-electron chi connectivity index (χ1n) is 10.0. The minimum atomic E-state index is -0.405. The second-order valence-corrected chi connectivity index (χ2v) is 8.16. The smallest absolute Gasteiger partial charge is 0.241 e. The summed E-state index contributed by atoms with van der Waals surface area (Å²) in [5.41, 5.74) is 3.80. The summed E-state index contributed by atoms with van der Waals surface area (Å²) in [5, 5.41) is 11.2. The first-order chi connectivity index (χ1) is 14.5. The van der Waals surface area contributed by atoms with Gasteiger partial charge in [-0.3, -0.25) is 14.9 Å². The van der Waals surface area contributed by atoms with Gasteiger partial charge in [0.2, 0.25) is 11.8 Å². The van der Waals surface area contributed by atoms with Gasteiger partial charge in [0.15, 0.2) is 0 Å². The number of thiophene rings is 1. The quantitative estimate of drug-likeness (QED) is 0.481. The zero-order valence-electron chi connectivity index (χ0n) is 17.4. The zero-order valence-corrected chi connectivity index (χ0v) is 18.3. The molecule has 0 aliphatic rings. The van der Waals surface area contributed by atoms with Crippen LogP contribution in [0, 0.1) is 0 Å². The van der Waals surface area contributed by atoms with Crippen molar-refractivity contribution in [2.24, 2.45) is 0 Å². The molecule has 0 fully saturated rings. The number of amides is 2. The SMILES string of the molecule is CCc1ccc([C@@H](N[C@H](C)C(=O)Nc2ccc(NC(C)=O)cc2)c2cccs2)cc1. The molecule has 0 aliphatic carbocycles. The lowest BCUT2D eigenvalue weighted by atomic mass is 10.0. The van der Waals surface area contributed by atoms with Crippen molar-refractivity contribution in [1.29, 1.82) is 0 Å². The van der Waals surface area contributed by atoms with Crippen molar-refractivity contribution in [1.82, 2.24) is 5.32 Å². The van der Waals surface area contributed by atoms with E-state index in [1.807, 2.05) is 18.4 Å². The summed E-state index contributed by atoms with van der Waals surface area (Å²) in [6.07, 6.45) is 0.997. The molecule has 30 heavy (non-hydrogen) atoms. The molecule has 156 valence electrons. The van der Waals surface area contributed by atoms with Gasteiger partial charge in [-0.15, -0.1) is 11.3 Å². The van der Waals surface area contributed by atoms with Gasteiger partial charge in [-0.1, -0.05) is 37.3 Å². The van der Waals surface area contributed by atoms with Gasteiger partial charge in [0.25, 0.3) is 0 Å². The third kappa shape index (κ3) is 5.78. The van der Waals surface area contributed by atoms with Gasteiger partial charge < -0.3 is 10.6 Å². The summed E-state index contributed by atoms with van der Waals surface area (Å²) in [5.74, 6) is -0.245. The number of hydrogen-bond donors (Lipinski definition) is 3. The summed E-state index contributed by atoms with van der Waals surface area (Å²) in [7, 11) is 0. The third-order valence-corrected chi connectivity index (χ3v) is 5.77. The molecule has 6 heteroatoms. The summed E-state index contributed by atoms with van der Waals surface area (Å²) in [6.45, 7) is 5.46. The molecule has 0 aliphatic heterocycles. The van der Waals surface area contributed by atoms with Crippen LogP contribution in [-0.4, -0.2) is 17.9 Å². The molecule has 0 spiro atoms. The fourth-order valence-electron chi connectivity index (χ4n) is 3.16. The largest absolute Gasteiger partial charge is 0.326 e. The second-order valence-electron chi connectivity index (χ2n) is 7.18. The molecule has 2 amide bonds. The number of aryl methyl sites for hydroxylation is 1. The zero-order chi connectivity index (χ0) is 21.5. The van der Waals surface area contributed by atoms with Crippen LogP contribution in [0.5, 0.6) is 0 Å². The Morgan fingerprint density at radius 2 is 1.57 bits per heavy atom. The molecule has 0 bridgehead atoms. The standard InChI is InChI=1S/C24H27N3O2S/c1-4-18-7-9-19(10-8-18)23(22-6-5-15-30-22)25-16(2)24(29)27-21-13-11-20(12-14-21)26-17(3)28/h5-16,23,25H,4H2,1-3H3,(H,26,28)(H,27,29)/t16-,23-/m1/s1. The topological polar surface area (TPSA) is 70.2 Å². The molecule has 1 heterocycles. The number of carbonyl (C=O) groups is 2. The number of hydrogen-bond acceptors (Lipinski definition) is 4. The molecule has 3 rings (SSSR count). The second kappa shape index (κ2) is 10.2. The molecular weight excluding hydrogens is 394 g/mol. The number of nitrogens with one attached hydrogen (secondary N) is 3. The van der Waals surface area contributed by atoms with Crippen molar-refractivity contribution >= 4 is 34.5 Å². The normalized spacial score (nSPS) is 12.8. The van der Waals surface area contributed by atoms with Crippen molar-refractivity contribution < 1.29 is 9.59 Å². The number of rotatable bonds is 8. The molecular formula is C24H27N3O2S. The predicted molar refractivity (Wildman–Crippen MR) is 124 cm³/mol. The average molecular weight is 422 g/mol. The monoisotopic (exact) mass is 421 g/mol. The van der Waals surface area contributed by atoms with E-state index in [1.54, 1.807) is 35.6 Å². The van der Waals surface area contributed by atoms with E-state index in [-0.39, 0.29) is 17.9 Å². The van der Waals surface area contributed by atoms with Gasteiger partial charge in [-0.05, 0) is 60.2 Å². The number of benzene rings is 2. The van der Waals surface area contributed by atoms with Crippen LogP contribution in [0.2, 0.25) is 0 Å². The Morgan fingerprint density at radius 1 is 0.933 bits per heavy atom. The predicted octanol–water partition coefficient (Wildman–Crippen LogP) is 4.98. The highest BCUT2D eigenvalue weighted by atomic mass is 32.1. The van der Waals surface area contributed by atoms with Gasteiger partial charge >= 0.3 is 0 Å². The molecule has 2 aromatic carbocycles. The Hall–Kier alpha value is -2.96. The van der Waals surface area contributed by atoms with Crippen LogP contribution in [-0.2, 0) is 16.0 Å². The molecule has 0 unspecified atom stereocenters. The summed E-state index contributed by atoms with van der Waals surface area (Å²) in [4.78, 5) is 25.1. The Kier molecular flexibility index (Phi) is 7.38. The van der Waals surface area contributed by atoms with E-state index in [0.717, 1.165) is 12.0 Å². The number of carbonyl (C=O) groups excluding carboxylic acids is 2. The summed E-state index contributed by atoms with van der Waals surface area (Å²) in [6, 6.07) is 19.2. The summed E-state index contributed by atoms with van der Waals surface area (Å²) >= 11 is 1.67. The van der Waals surface area contributed by atoms with E-state index < -0.39 is 6.04 Å². The van der Waals surface area contributed by atoms with E-state index in [2.05, 4.69) is 53.2 Å². The van der Waals surface area contributed by atoms with Crippen molar-refractivity contribution in [3.05, 3.63) is 82.0 Å². The van der Waals surface area contributed by atoms with Crippen LogP contribution in [0.4, 0.5) is 11.4 Å². The summed E-state index contributed by atoms with van der Waals surface area (Å²) < 4.78 is 0. The van der Waals surface area contributed by atoms with Crippen LogP contribution >= 0.6 is 11.3 Å². The van der Waals surface area contributed by atoms with E-state index in [9.17, 15) is 9.59 Å².